The zero-order valence-corrected chi connectivity index (χ0v) is 13.9. The number of carbonyl (C=O) groups excluding carboxylic acids is 1. The molecule has 0 aliphatic rings. The van der Waals surface area contributed by atoms with Gasteiger partial charge in [0.2, 0.25) is 0 Å². The van der Waals surface area contributed by atoms with Gasteiger partial charge in [-0.3, -0.25) is 4.79 Å². The van der Waals surface area contributed by atoms with E-state index in [-0.39, 0.29) is 11.9 Å². The molecule has 2 rings (SSSR count). The average molecular weight is 321 g/mol. The SMILES string of the molecule is CCc1nnsc1C(=O)N[C@H](C)c1ccc(OC)cc1OC. The molecule has 2 aromatic rings. The third-order valence-electron chi connectivity index (χ3n) is 3.35. The van der Waals surface area contributed by atoms with Crippen LogP contribution in [0.2, 0.25) is 0 Å². The Kier molecular flexibility index (Phi) is 5.32. The van der Waals surface area contributed by atoms with Crippen molar-refractivity contribution in [1.29, 1.82) is 0 Å². The van der Waals surface area contributed by atoms with Crippen LogP contribution in [0.25, 0.3) is 0 Å². The van der Waals surface area contributed by atoms with Gasteiger partial charge >= 0.3 is 0 Å². The molecule has 22 heavy (non-hydrogen) atoms. The van der Waals surface area contributed by atoms with E-state index in [0.717, 1.165) is 22.8 Å². The maximum absolute atomic E-state index is 12.3. The average Bonchev–Trinajstić information content (AvgIpc) is 3.02. The molecule has 1 N–H and O–H groups in total. The number of rotatable bonds is 6. The summed E-state index contributed by atoms with van der Waals surface area (Å²) in [6.07, 6.45) is 0.680. The third kappa shape index (κ3) is 3.36. The lowest BCUT2D eigenvalue weighted by molar-refractivity contribution is 0.0942. The zero-order chi connectivity index (χ0) is 16.1. The minimum absolute atomic E-state index is 0.169. The highest BCUT2D eigenvalue weighted by atomic mass is 32.1. The largest absolute Gasteiger partial charge is 0.497 e. The molecule has 1 aromatic carbocycles. The van der Waals surface area contributed by atoms with E-state index in [1.807, 2.05) is 26.0 Å². The fourth-order valence-electron chi connectivity index (χ4n) is 2.13. The molecule has 1 heterocycles. The van der Waals surface area contributed by atoms with Crippen LogP contribution in [0.3, 0.4) is 0 Å². The molecule has 0 aliphatic carbocycles. The number of benzene rings is 1. The fourth-order valence-corrected chi connectivity index (χ4v) is 2.78. The van der Waals surface area contributed by atoms with Gasteiger partial charge in [-0.25, -0.2) is 0 Å². The van der Waals surface area contributed by atoms with Gasteiger partial charge in [0.15, 0.2) is 0 Å². The molecule has 0 bridgehead atoms. The number of hydrogen-bond acceptors (Lipinski definition) is 6. The topological polar surface area (TPSA) is 73.3 Å². The van der Waals surface area contributed by atoms with Gasteiger partial charge in [0.05, 0.1) is 26.0 Å². The highest BCUT2D eigenvalue weighted by molar-refractivity contribution is 7.08. The monoisotopic (exact) mass is 321 g/mol. The van der Waals surface area contributed by atoms with Crippen molar-refractivity contribution in [3.05, 3.63) is 34.3 Å². The number of ether oxygens (including phenoxy) is 2. The molecule has 1 amide bonds. The van der Waals surface area contributed by atoms with E-state index in [2.05, 4.69) is 14.9 Å². The first-order valence-electron chi connectivity index (χ1n) is 6.94. The number of aryl methyl sites for hydroxylation is 1. The van der Waals surface area contributed by atoms with E-state index in [1.165, 1.54) is 0 Å². The number of methoxy groups -OCH3 is 2. The highest BCUT2D eigenvalue weighted by Gasteiger charge is 2.19. The molecule has 0 saturated heterocycles. The summed E-state index contributed by atoms with van der Waals surface area (Å²) >= 11 is 1.11. The maximum Gasteiger partial charge on any atom is 0.265 e. The predicted octanol–water partition coefficient (Wildman–Crippen LogP) is 2.61. The number of carbonyl (C=O) groups is 1. The minimum atomic E-state index is -0.208. The Bertz CT molecular complexity index is 657. The first-order valence-corrected chi connectivity index (χ1v) is 7.72. The molecule has 6 nitrogen and oxygen atoms in total. The molecular formula is C15H19N3O3S. The number of nitrogens with zero attached hydrogens (tertiary/aromatic N) is 2. The number of amides is 1. The summed E-state index contributed by atoms with van der Waals surface area (Å²) in [7, 11) is 3.19. The molecule has 118 valence electrons. The quantitative estimate of drug-likeness (QED) is 0.885. The van der Waals surface area contributed by atoms with Crippen molar-refractivity contribution in [2.24, 2.45) is 0 Å². The lowest BCUT2D eigenvalue weighted by Crippen LogP contribution is -2.27. The maximum atomic E-state index is 12.3. The molecule has 0 radical (unpaired) electrons. The van der Waals surface area contributed by atoms with Gasteiger partial charge in [-0.2, -0.15) is 0 Å². The van der Waals surface area contributed by atoms with Crippen LogP contribution in [-0.4, -0.2) is 29.7 Å². The van der Waals surface area contributed by atoms with Crippen molar-refractivity contribution in [2.45, 2.75) is 26.3 Å². The molecule has 7 heteroatoms. The van der Waals surface area contributed by atoms with E-state index in [1.54, 1.807) is 20.3 Å². The van der Waals surface area contributed by atoms with E-state index in [9.17, 15) is 4.79 Å². The molecule has 1 aromatic heterocycles. The predicted molar refractivity (Wildman–Crippen MR) is 84.7 cm³/mol. The van der Waals surface area contributed by atoms with Gasteiger partial charge in [-0.15, -0.1) is 5.10 Å². The zero-order valence-electron chi connectivity index (χ0n) is 13.0. The molecular weight excluding hydrogens is 302 g/mol. The number of aromatic nitrogens is 2. The first-order chi connectivity index (χ1) is 10.6. The Morgan fingerprint density at radius 3 is 2.77 bits per heavy atom. The highest BCUT2D eigenvalue weighted by Crippen LogP contribution is 2.29. The van der Waals surface area contributed by atoms with Crippen LogP contribution < -0.4 is 14.8 Å². The van der Waals surface area contributed by atoms with Crippen molar-refractivity contribution >= 4 is 17.4 Å². The van der Waals surface area contributed by atoms with E-state index in [0.29, 0.717) is 22.8 Å². The lowest BCUT2D eigenvalue weighted by Gasteiger charge is -2.17. The van der Waals surface area contributed by atoms with Crippen molar-refractivity contribution in [3.63, 3.8) is 0 Å². The standard InChI is InChI=1S/C15H19N3O3S/c1-5-12-14(22-18-17-12)15(19)16-9(2)11-7-6-10(20-3)8-13(11)21-4/h6-9H,5H2,1-4H3,(H,16,19)/t9-/m1/s1. The summed E-state index contributed by atoms with van der Waals surface area (Å²) in [5, 5.41) is 6.91. The Labute approximate surface area is 133 Å². The molecule has 0 fully saturated rings. The van der Waals surface area contributed by atoms with Crippen molar-refractivity contribution in [2.75, 3.05) is 14.2 Å². The minimum Gasteiger partial charge on any atom is -0.497 e. The fraction of sp³-hybridized carbons (Fsp3) is 0.400. The summed E-state index contributed by atoms with van der Waals surface area (Å²) in [6.45, 7) is 3.85. The molecule has 1 atom stereocenters. The summed E-state index contributed by atoms with van der Waals surface area (Å²) in [6, 6.07) is 5.31. The number of nitrogens with one attached hydrogen (secondary N) is 1. The van der Waals surface area contributed by atoms with E-state index in [4.69, 9.17) is 9.47 Å². The van der Waals surface area contributed by atoms with Crippen LogP contribution in [-0.2, 0) is 6.42 Å². The van der Waals surface area contributed by atoms with Crippen LogP contribution in [0.15, 0.2) is 18.2 Å². The van der Waals surface area contributed by atoms with Gasteiger partial charge in [0.25, 0.3) is 5.91 Å². The van der Waals surface area contributed by atoms with Crippen LogP contribution in [0.1, 0.15) is 40.8 Å². The van der Waals surface area contributed by atoms with Crippen molar-refractivity contribution in [1.82, 2.24) is 14.9 Å². The summed E-state index contributed by atoms with van der Waals surface area (Å²) in [5.74, 6) is 1.21. The summed E-state index contributed by atoms with van der Waals surface area (Å²) in [5.41, 5.74) is 1.60. The Morgan fingerprint density at radius 2 is 2.14 bits per heavy atom. The number of hydrogen-bond donors (Lipinski definition) is 1. The van der Waals surface area contributed by atoms with Gasteiger partial charge in [-0.05, 0) is 37.0 Å². The first kappa shape index (κ1) is 16.2. The third-order valence-corrected chi connectivity index (χ3v) is 4.12. The second-order valence-corrected chi connectivity index (χ2v) is 5.46. The van der Waals surface area contributed by atoms with Gasteiger partial charge < -0.3 is 14.8 Å². The normalized spacial score (nSPS) is 11.8. The summed E-state index contributed by atoms with van der Waals surface area (Å²) < 4.78 is 14.4. The Balaban J connectivity index is 2.18. The van der Waals surface area contributed by atoms with Gasteiger partial charge in [-0.1, -0.05) is 11.4 Å². The molecule has 0 spiro atoms. The van der Waals surface area contributed by atoms with Gasteiger partial charge in [0.1, 0.15) is 16.4 Å². The van der Waals surface area contributed by atoms with E-state index < -0.39 is 0 Å². The van der Waals surface area contributed by atoms with E-state index >= 15 is 0 Å². The van der Waals surface area contributed by atoms with Gasteiger partial charge in [0, 0.05) is 11.6 Å². The second kappa shape index (κ2) is 7.22. The van der Waals surface area contributed by atoms with Crippen molar-refractivity contribution in [3.8, 4) is 11.5 Å². The second-order valence-electron chi connectivity index (χ2n) is 4.71. The summed E-state index contributed by atoms with van der Waals surface area (Å²) in [4.78, 5) is 12.9. The smallest absolute Gasteiger partial charge is 0.265 e. The molecule has 0 saturated carbocycles. The molecule has 0 unspecified atom stereocenters. The Hall–Kier alpha value is -2.15. The lowest BCUT2D eigenvalue weighted by atomic mass is 10.1. The van der Waals surface area contributed by atoms with Crippen molar-refractivity contribution < 1.29 is 14.3 Å². The Morgan fingerprint density at radius 1 is 1.36 bits per heavy atom. The van der Waals surface area contributed by atoms with Crippen LogP contribution in [0.5, 0.6) is 11.5 Å². The van der Waals surface area contributed by atoms with Crippen LogP contribution in [0.4, 0.5) is 0 Å². The van der Waals surface area contributed by atoms with Crippen LogP contribution >= 0.6 is 11.5 Å². The van der Waals surface area contributed by atoms with Crippen LogP contribution in [0, 0.1) is 0 Å². The molecule has 0 aliphatic heterocycles.